The largest absolute Gasteiger partial charge is 0.416 e. The zero-order valence-electron chi connectivity index (χ0n) is 10.2. The van der Waals surface area contributed by atoms with Crippen molar-refractivity contribution in [2.75, 3.05) is 18.0 Å². The van der Waals surface area contributed by atoms with Crippen molar-refractivity contribution in [3.05, 3.63) is 29.3 Å². The van der Waals surface area contributed by atoms with Crippen molar-refractivity contribution >= 4 is 16.7 Å². The molecule has 2 bridgehead atoms. The number of aromatic amines is 1. The van der Waals surface area contributed by atoms with Crippen LogP contribution in [0.5, 0.6) is 0 Å². The SMILES string of the molecule is FC(F)(F)c1ccc2[nH]c3c(c2c1)C1CCN3CC1. The van der Waals surface area contributed by atoms with Crippen LogP contribution >= 0.6 is 0 Å². The Kier molecular flexibility index (Phi) is 2.04. The summed E-state index contributed by atoms with van der Waals surface area (Å²) in [6.45, 7) is 2.02. The molecule has 2 nitrogen and oxygen atoms in total. The van der Waals surface area contributed by atoms with Gasteiger partial charge in [-0.15, -0.1) is 0 Å². The van der Waals surface area contributed by atoms with E-state index >= 15 is 0 Å². The van der Waals surface area contributed by atoms with Crippen LogP contribution in [0.1, 0.15) is 29.9 Å². The molecule has 1 N–H and O–H groups in total. The van der Waals surface area contributed by atoms with Crippen LogP contribution in [0.15, 0.2) is 18.2 Å². The Balaban J connectivity index is 1.97. The van der Waals surface area contributed by atoms with Gasteiger partial charge in [0.25, 0.3) is 0 Å². The van der Waals surface area contributed by atoms with E-state index in [2.05, 4.69) is 9.88 Å². The second kappa shape index (κ2) is 3.46. The number of aromatic nitrogens is 1. The van der Waals surface area contributed by atoms with Gasteiger partial charge >= 0.3 is 6.18 Å². The summed E-state index contributed by atoms with van der Waals surface area (Å²) in [5.41, 5.74) is 1.36. The highest BCUT2D eigenvalue weighted by Crippen LogP contribution is 2.46. The molecule has 5 heteroatoms. The monoisotopic (exact) mass is 266 g/mol. The van der Waals surface area contributed by atoms with Gasteiger partial charge < -0.3 is 9.88 Å². The molecule has 0 amide bonds. The summed E-state index contributed by atoms with van der Waals surface area (Å²) >= 11 is 0. The third-order valence-electron chi connectivity index (χ3n) is 4.36. The highest BCUT2D eigenvalue weighted by Gasteiger charge is 2.36. The Bertz CT molecular complexity index is 648. The number of fused-ring (bicyclic) bond motifs is 3. The second-order valence-corrected chi connectivity index (χ2v) is 5.41. The maximum atomic E-state index is 12.8. The lowest BCUT2D eigenvalue weighted by molar-refractivity contribution is -0.137. The molecule has 3 aliphatic heterocycles. The van der Waals surface area contributed by atoms with Gasteiger partial charge in [-0.3, -0.25) is 0 Å². The molecule has 2 aromatic rings. The van der Waals surface area contributed by atoms with Crippen LogP contribution in [0, 0.1) is 0 Å². The van der Waals surface area contributed by atoms with Gasteiger partial charge in [0.2, 0.25) is 0 Å². The van der Waals surface area contributed by atoms with E-state index < -0.39 is 11.7 Å². The Labute approximate surface area is 108 Å². The molecule has 0 saturated carbocycles. The van der Waals surface area contributed by atoms with Gasteiger partial charge in [0.15, 0.2) is 0 Å². The molecule has 0 spiro atoms. The zero-order valence-corrected chi connectivity index (χ0v) is 10.2. The minimum atomic E-state index is -4.27. The molecule has 5 rings (SSSR count). The smallest absolute Gasteiger partial charge is 0.358 e. The van der Waals surface area contributed by atoms with E-state index in [-0.39, 0.29) is 0 Å². The summed E-state index contributed by atoms with van der Waals surface area (Å²) in [7, 11) is 0. The predicted octanol–water partition coefficient (Wildman–Crippen LogP) is 3.88. The van der Waals surface area contributed by atoms with Gasteiger partial charge in [0.1, 0.15) is 5.82 Å². The Morgan fingerprint density at radius 1 is 1.16 bits per heavy atom. The first-order valence-electron chi connectivity index (χ1n) is 6.52. The van der Waals surface area contributed by atoms with Crippen molar-refractivity contribution in [3.8, 4) is 0 Å². The number of benzene rings is 1. The average Bonchev–Trinajstić information content (AvgIpc) is 2.79. The van der Waals surface area contributed by atoms with Crippen molar-refractivity contribution in [3.63, 3.8) is 0 Å². The molecule has 4 heterocycles. The summed E-state index contributed by atoms with van der Waals surface area (Å²) in [6, 6.07) is 4.01. The lowest BCUT2D eigenvalue weighted by atomic mass is 9.84. The highest BCUT2D eigenvalue weighted by molar-refractivity contribution is 5.91. The maximum Gasteiger partial charge on any atom is 0.416 e. The standard InChI is InChI=1S/C14H13F3N2/c15-14(16,17)9-1-2-11-10(7-9)12-8-3-5-19(6-4-8)13(12)18-11/h1-2,7-8,18H,3-6H2. The first-order valence-corrected chi connectivity index (χ1v) is 6.52. The molecule has 1 saturated heterocycles. The van der Waals surface area contributed by atoms with Crippen molar-refractivity contribution in [1.29, 1.82) is 0 Å². The second-order valence-electron chi connectivity index (χ2n) is 5.41. The van der Waals surface area contributed by atoms with Crippen LogP contribution in [0.2, 0.25) is 0 Å². The minimum absolute atomic E-state index is 0.414. The zero-order chi connectivity index (χ0) is 13.2. The molecular weight excluding hydrogens is 253 g/mol. The summed E-state index contributed by atoms with van der Waals surface area (Å²) in [5.74, 6) is 1.45. The van der Waals surface area contributed by atoms with Crippen molar-refractivity contribution < 1.29 is 13.2 Å². The van der Waals surface area contributed by atoms with Crippen molar-refractivity contribution in [2.45, 2.75) is 24.9 Å². The van der Waals surface area contributed by atoms with E-state index in [1.54, 1.807) is 6.07 Å². The first kappa shape index (κ1) is 11.2. The van der Waals surface area contributed by atoms with Gasteiger partial charge in [-0.25, -0.2) is 0 Å². The van der Waals surface area contributed by atoms with E-state index in [4.69, 9.17) is 0 Å². The van der Waals surface area contributed by atoms with Crippen LogP contribution in [0.3, 0.4) is 0 Å². The molecule has 1 fully saturated rings. The molecule has 0 unspecified atom stereocenters. The fourth-order valence-corrected chi connectivity index (χ4v) is 3.43. The third kappa shape index (κ3) is 1.50. The number of H-pyrrole nitrogens is 1. The van der Waals surface area contributed by atoms with Crippen LogP contribution in [0.25, 0.3) is 10.9 Å². The normalized spacial score (nSPS) is 19.2. The van der Waals surface area contributed by atoms with Gasteiger partial charge in [-0.05, 0) is 37.0 Å². The molecule has 1 aromatic carbocycles. The molecule has 3 aliphatic rings. The van der Waals surface area contributed by atoms with Gasteiger partial charge in [-0.1, -0.05) is 0 Å². The van der Waals surface area contributed by atoms with Gasteiger partial charge in [0, 0.05) is 29.6 Å². The lowest BCUT2D eigenvalue weighted by Crippen LogP contribution is -2.38. The van der Waals surface area contributed by atoms with E-state index in [1.165, 1.54) is 6.07 Å². The van der Waals surface area contributed by atoms with Crippen molar-refractivity contribution in [1.82, 2.24) is 4.98 Å². The van der Waals surface area contributed by atoms with Crippen LogP contribution in [0.4, 0.5) is 19.0 Å². The van der Waals surface area contributed by atoms with Crippen LogP contribution < -0.4 is 4.90 Å². The minimum Gasteiger partial charge on any atom is -0.358 e. The number of nitrogens with zero attached hydrogens (tertiary/aromatic N) is 1. The highest BCUT2D eigenvalue weighted by atomic mass is 19.4. The number of alkyl halides is 3. The number of nitrogens with one attached hydrogen (secondary N) is 1. The molecule has 19 heavy (non-hydrogen) atoms. The third-order valence-corrected chi connectivity index (χ3v) is 4.36. The number of hydrogen-bond donors (Lipinski definition) is 1. The van der Waals surface area contributed by atoms with E-state index in [0.29, 0.717) is 5.92 Å². The Morgan fingerprint density at radius 3 is 2.58 bits per heavy atom. The fourth-order valence-electron chi connectivity index (χ4n) is 3.43. The topological polar surface area (TPSA) is 19.0 Å². The van der Waals surface area contributed by atoms with E-state index in [0.717, 1.165) is 54.3 Å². The lowest BCUT2D eigenvalue weighted by Gasteiger charge is -2.40. The molecule has 0 atom stereocenters. The number of halogens is 3. The fraction of sp³-hybridized carbons (Fsp3) is 0.429. The summed E-state index contributed by atoms with van der Waals surface area (Å²) in [6.07, 6.45) is -2.17. The Morgan fingerprint density at radius 2 is 1.89 bits per heavy atom. The van der Waals surface area contributed by atoms with Gasteiger partial charge in [0.05, 0.1) is 5.56 Å². The summed E-state index contributed by atoms with van der Waals surface area (Å²) in [4.78, 5) is 5.54. The molecule has 0 radical (unpaired) electrons. The quantitative estimate of drug-likeness (QED) is 0.766. The number of rotatable bonds is 0. The molecule has 0 aliphatic carbocycles. The maximum absolute atomic E-state index is 12.8. The molecule has 1 aromatic heterocycles. The molecular formula is C14H13F3N2. The summed E-state index contributed by atoms with van der Waals surface area (Å²) < 4.78 is 38.5. The molecule has 100 valence electrons. The Hall–Kier alpha value is -1.65. The van der Waals surface area contributed by atoms with Crippen LogP contribution in [-0.4, -0.2) is 18.1 Å². The number of hydrogen-bond acceptors (Lipinski definition) is 1. The average molecular weight is 266 g/mol. The first-order chi connectivity index (χ1) is 9.04. The summed E-state index contributed by atoms with van der Waals surface area (Å²) in [5, 5.41) is 0.749. The van der Waals surface area contributed by atoms with Gasteiger partial charge in [-0.2, -0.15) is 13.2 Å². The predicted molar refractivity (Wildman–Crippen MR) is 67.5 cm³/mol. The van der Waals surface area contributed by atoms with E-state index in [9.17, 15) is 13.2 Å². The van der Waals surface area contributed by atoms with Crippen molar-refractivity contribution in [2.24, 2.45) is 0 Å². The van der Waals surface area contributed by atoms with Crippen LogP contribution in [-0.2, 0) is 6.18 Å². The van der Waals surface area contributed by atoms with E-state index in [1.807, 2.05) is 0 Å². The number of piperidine rings is 1. The number of anilines is 1.